The second-order valence-corrected chi connectivity index (χ2v) is 7.24. The molecule has 0 radical (unpaired) electrons. The summed E-state index contributed by atoms with van der Waals surface area (Å²) < 4.78 is 2.32. The van der Waals surface area contributed by atoms with Crippen molar-refractivity contribution in [3.05, 3.63) is 23.0 Å². The van der Waals surface area contributed by atoms with Gasteiger partial charge in [-0.25, -0.2) is 0 Å². The van der Waals surface area contributed by atoms with E-state index in [0.29, 0.717) is 25.7 Å². The van der Waals surface area contributed by atoms with Crippen LogP contribution in [-0.4, -0.2) is 77.9 Å². The summed E-state index contributed by atoms with van der Waals surface area (Å²) in [7, 11) is 3.55. The van der Waals surface area contributed by atoms with Crippen molar-refractivity contribution < 1.29 is 9.59 Å². The summed E-state index contributed by atoms with van der Waals surface area (Å²) in [6.45, 7) is 7.47. The molecule has 24 heavy (non-hydrogen) atoms. The van der Waals surface area contributed by atoms with Crippen LogP contribution in [0.5, 0.6) is 0 Å². The van der Waals surface area contributed by atoms with Gasteiger partial charge in [-0.05, 0) is 32.8 Å². The van der Waals surface area contributed by atoms with Crippen LogP contribution in [0.4, 0.5) is 0 Å². The Balaban J connectivity index is 1.61. The minimum absolute atomic E-state index is 0.114. The van der Waals surface area contributed by atoms with Gasteiger partial charge in [-0.1, -0.05) is 0 Å². The quantitative estimate of drug-likeness (QED) is 0.835. The van der Waals surface area contributed by atoms with Crippen molar-refractivity contribution in [1.82, 2.24) is 19.3 Å². The summed E-state index contributed by atoms with van der Waals surface area (Å²) in [5.74, 6) is 0.247. The van der Waals surface area contributed by atoms with E-state index in [2.05, 4.69) is 23.3 Å². The van der Waals surface area contributed by atoms with E-state index < -0.39 is 0 Å². The van der Waals surface area contributed by atoms with Crippen molar-refractivity contribution in [2.24, 2.45) is 0 Å². The first-order valence-electron chi connectivity index (χ1n) is 8.78. The molecule has 1 saturated carbocycles. The van der Waals surface area contributed by atoms with Crippen LogP contribution in [0.15, 0.2) is 6.07 Å². The highest BCUT2D eigenvalue weighted by Crippen LogP contribution is 2.38. The standard InChI is InChI=1S/C18H28N4O2/c1-13-11-16(14(2)22(13)15-5-6-15)18(24)21-9-7-20(8-10-21)12-17(23)19(3)4/h11,15H,5-10,12H2,1-4H3. The lowest BCUT2D eigenvalue weighted by Gasteiger charge is -2.34. The minimum atomic E-state index is 0.114. The molecule has 3 rings (SSSR count). The van der Waals surface area contributed by atoms with Gasteiger partial charge in [0.05, 0.1) is 12.1 Å². The number of piperazine rings is 1. The molecule has 0 N–H and O–H groups in total. The van der Waals surface area contributed by atoms with Crippen LogP contribution in [0.3, 0.4) is 0 Å². The van der Waals surface area contributed by atoms with Gasteiger partial charge >= 0.3 is 0 Å². The van der Waals surface area contributed by atoms with E-state index in [9.17, 15) is 9.59 Å². The molecule has 0 bridgehead atoms. The average molecular weight is 332 g/mol. The monoisotopic (exact) mass is 332 g/mol. The van der Waals surface area contributed by atoms with Gasteiger partial charge in [0.1, 0.15) is 0 Å². The van der Waals surface area contributed by atoms with Gasteiger partial charge in [0.25, 0.3) is 5.91 Å². The van der Waals surface area contributed by atoms with Gasteiger partial charge in [0.2, 0.25) is 5.91 Å². The van der Waals surface area contributed by atoms with E-state index in [1.807, 2.05) is 11.0 Å². The first-order chi connectivity index (χ1) is 11.4. The number of nitrogens with zero attached hydrogens (tertiary/aromatic N) is 4. The third-order valence-electron chi connectivity index (χ3n) is 5.14. The molecule has 132 valence electrons. The smallest absolute Gasteiger partial charge is 0.255 e. The Hall–Kier alpha value is -1.82. The molecule has 2 aliphatic rings. The number of aryl methyl sites for hydroxylation is 1. The zero-order chi connectivity index (χ0) is 17.4. The molecule has 1 aromatic heterocycles. The highest BCUT2D eigenvalue weighted by Gasteiger charge is 2.30. The zero-order valence-electron chi connectivity index (χ0n) is 15.2. The summed E-state index contributed by atoms with van der Waals surface area (Å²) in [5, 5.41) is 0. The summed E-state index contributed by atoms with van der Waals surface area (Å²) in [4.78, 5) is 30.4. The first kappa shape index (κ1) is 17.0. The molecule has 2 amide bonds. The fourth-order valence-electron chi connectivity index (χ4n) is 3.50. The highest BCUT2D eigenvalue weighted by molar-refractivity contribution is 5.95. The lowest BCUT2D eigenvalue weighted by Crippen LogP contribution is -2.51. The summed E-state index contributed by atoms with van der Waals surface area (Å²) in [5.41, 5.74) is 3.14. The predicted octanol–water partition coefficient (Wildman–Crippen LogP) is 1.29. The number of hydrogen-bond acceptors (Lipinski definition) is 3. The predicted molar refractivity (Wildman–Crippen MR) is 93.2 cm³/mol. The second-order valence-electron chi connectivity index (χ2n) is 7.24. The maximum Gasteiger partial charge on any atom is 0.255 e. The van der Waals surface area contributed by atoms with Gasteiger partial charge in [0, 0.05) is 57.7 Å². The normalized spacial score (nSPS) is 18.8. The topological polar surface area (TPSA) is 48.8 Å². The minimum Gasteiger partial charge on any atom is -0.348 e. The Bertz CT molecular complexity index is 638. The van der Waals surface area contributed by atoms with Crippen LogP contribution in [0, 0.1) is 13.8 Å². The molecule has 0 atom stereocenters. The fourth-order valence-corrected chi connectivity index (χ4v) is 3.50. The van der Waals surface area contributed by atoms with Crippen molar-refractivity contribution in [3.63, 3.8) is 0 Å². The molecule has 1 aromatic rings. The third kappa shape index (κ3) is 3.34. The van der Waals surface area contributed by atoms with Crippen LogP contribution in [0.1, 0.15) is 40.6 Å². The van der Waals surface area contributed by atoms with Crippen LogP contribution in [-0.2, 0) is 4.79 Å². The summed E-state index contributed by atoms with van der Waals surface area (Å²) >= 11 is 0. The number of likely N-dealkylation sites (N-methyl/N-ethyl adjacent to an activating group) is 1. The molecule has 1 aliphatic carbocycles. The number of rotatable bonds is 4. The molecule has 0 aromatic carbocycles. The van der Waals surface area contributed by atoms with Gasteiger partial charge in [-0.3, -0.25) is 14.5 Å². The SMILES string of the molecule is Cc1cc(C(=O)N2CCN(CC(=O)N(C)C)CC2)c(C)n1C1CC1. The Labute approximate surface area is 144 Å². The van der Waals surface area contributed by atoms with E-state index >= 15 is 0 Å². The maximum absolute atomic E-state index is 12.9. The molecule has 0 spiro atoms. The lowest BCUT2D eigenvalue weighted by molar-refractivity contribution is -0.130. The second kappa shape index (κ2) is 6.59. The number of carbonyl (C=O) groups excluding carboxylic acids is 2. The van der Waals surface area contributed by atoms with Crippen molar-refractivity contribution >= 4 is 11.8 Å². The van der Waals surface area contributed by atoms with Gasteiger partial charge in [0.15, 0.2) is 0 Å². The first-order valence-corrected chi connectivity index (χ1v) is 8.78. The zero-order valence-corrected chi connectivity index (χ0v) is 15.2. The van der Waals surface area contributed by atoms with Crippen LogP contribution < -0.4 is 0 Å². The number of carbonyl (C=O) groups is 2. The van der Waals surface area contributed by atoms with E-state index in [4.69, 9.17) is 0 Å². The van der Waals surface area contributed by atoms with E-state index in [1.165, 1.54) is 18.5 Å². The lowest BCUT2D eigenvalue weighted by atomic mass is 10.2. The van der Waals surface area contributed by atoms with Crippen molar-refractivity contribution in [3.8, 4) is 0 Å². The van der Waals surface area contributed by atoms with E-state index in [1.54, 1.807) is 19.0 Å². The van der Waals surface area contributed by atoms with Gasteiger partial charge in [-0.15, -0.1) is 0 Å². The van der Waals surface area contributed by atoms with Crippen molar-refractivity contribution in [2.75, 3.05) is 46.8 Å². The molecule has 6 heteroatoms. The van der Waals surface area contributed by atoms with Crippen molar-refractivity contribution in [2.45, 2.75) is 32.7 Å². The van der Waals surface area contributed by atoms with Crippen LogP contribution >= 0.6 is 0 Å². The number of amides is 2. The Kier molecular flexibility index (Phi) is 4.67. The number of aromatic nitrogens is 1. The Morgan fingerprint density at radius 2 is 1.75 bits per heavy atom. The third-order valence-corrected chi connectivity index (χ3v) is 5.14. The van der Waals surface area contributed by atoms with Crippen LogP contribution in [0.2, 0.25) is 0 Å². The molecular weight excluding hydrogens is 304 g/mol. The van der Waals surface area contributed by atoms with Gasteiger partial charge < -0.3 is 14.4 Å². The summed E-state index contributed by atoms with van der Waals surface area (Å²) in [6, 6.07) is 2.64. The van der Waals surface area contributed by atoms with Gasteiger partial charge in [-0.2, -0.15) is 0 Å². The molecule has 6 nitrogen and oxygen atoms in total. The van der Waals surface area contributed by atoms with E-state index in [-0.39, 0.29) is 11.8 Å². The molecule has 2 heterocycles. The largest absolute Gasteiger partial charge is 0.348 e. The molecule has 0 unspecified atom stereocenters. The molecule has 2 fully saturated rings. The highest BCUT2D eigenvalue weighted by atomic mass is 16.2. The molecular formula is C18H28N4O2. The molecule has 1 saturated heterocycles. The Morgan fingerprint density at radius 1 is 1.12 bits per heavy atom. The van der Waals surface area contributed by atoms with Crippen molar-refractivity contribution in [1.29, 1.82) is 0 Å². The van der Waals surface area contributed by atoms with Crippen LogP contribution in [0.25, 0.3) is 0 Å². The number of hydrogen-bond donors (Lipinski definition) is 0. The fraction of sp³-hybridized carbons (Fsp3) is 0.667. The average Bonchev–Trinajstić information content (AvgIpc) is 3.33. The van der Waals surface area contributed by atoms with E-state index in [0.717, 1.165) is 24.3 Å². The molecule has 1 aliphatic heterocycles. The maximum atomic E-state index is 12.9. The Morgan fingerprint density at radius 3 is 2.29 bits per heavy atom. The summed E-state index contributed by atoms with van der Waals surface area (Å²) in [6.07, 6.45) is 2.45.